The zero-order valence-electron chi connectivity index (χ0n) is 81.5. The van der Waals surface area contributed by atoms with Gasteiger partial charge in [0.1, 0.15) is 65.3 Å². The number of hydrogen-bond donors (Lipinski definition) is 2. The molecule has 0 aromatic heterocycles. The summed E-state index contributed by atoms with van der Waals surface area (Å²) >= 11 is 0. The lowest BCUT2D eigenvalue weighted by atomic mass is 9.64. The monoisotopic (exact) mass is 2110 g/mol. The van der Waals surface area contributed by atoms with E-state index in [1.165, 1.54) is 48.5 Å². The molecule has 4 fully saturated rings. The molecule has 6 heterocycles. The van der Waals surface area contributed by atoms with Gasteiger partial charge in [0.25, 0.3) is 0 Å². The smallest absolute Gasteiger partial charge is 0.232 e. The van der Waals surface area contributed by atoms with E-state index in [0.717, 1.165) is 71.2 Å². The zero-order valence-corrected chi connectivity index (χ0v) is 86.4. The van der Waals surface area contributed by atoms with E-state index in [1.54, 1.807) is 87.0 Å². The van der Waals surface area contributed by atoms with Gasteiger partial charge in [-0.2, -0.15) is 0 Å². The van der Waals surface area contributed by atoms with Gasteiger partial charge in [-0.25, -0.2) is 90.4 Å². The van der Waals surface area contributed by atoms with E-state index in [9.17, 15) is 77.7 Å². The normalized spacial score (nSPS) is 24.1. The number of sulfone groups is 4. The molecule has 23 nitrogen and oxygen atoms in total. The second-order valence-corrected chi connectivity index (χ2v) is 48.1. The third-order valence-electron chi connectivity index (χ3n) is 28.5. The van der Waals surface area contributed by atoms with Gasteiger partial charge < -0.3 is 28.4 Å². The lowest BCUT2D eigenvalue weighted by Crippen LogP contribution is -2.62. The maximum atomic E-state index is 15.8. The lowest BCUT2D eigenvalue weighted by molar-refractivity contribution is -0.130. The SMILES string of the molecule is CC.CC.CC.CC.COc1ccc(CN(CCC[C@@H]2C(=O)CC[C@@]3(S(=O)(=O)c4ccccc4)c4c(F)ccc(F)c4OC[C@@H]23)Cc2ccc(OC)cc2)cc1.O=C1CC[C@@]2(S(=O)(=O)c3ccccc3)c3c(F)ccc(F)c3OC[C@H]2C1.O=S1(=O)CCC2=C(CC[C@@]3(S(=O)(=O)c4ccccc4)c4c(F)ccc(F)c4OC[C@@H]23)N1.O=S1(=O)CC[C@@H]2[C@@H](CC[C@@]3(S(=O)(=O)c4ccccc4)c4c(F)ccc(F)c4OC[C@@H]23)N1. The quantitative estimate of drug-likeness (QED) is 0.0754. The van der Waals surface area contributed by atoms with E-state index >= 15 is 17.6 Å². The fraction of sp³-hybridized carbons (Fsp3) is 0.402. The summed E-state index contributed by atoms with van der Waals surface area (Å²) in [6, 6.07) is 53.6. The molecule has 0 spiro atoms. The number of benzene rings is 10. The van der Waals surface area contributed by atoms with Crippen molar-refractivity contribution in [2.45, 2.75) is 197 Å². The van der Waals surface area contributed by atoms with Crippen molar-refractivity contribution in [1.82, 2.24) is 14.3 Å². The van der Waals surface area contributed by atoms with E-state index in [4.69, 9.17) is 28.4 Å². The number of methoxy groups -OCH3 is 2. The van der Waals surface area contributed by atoms with Crippen molar-refractivity contribution in [3.63, 3.8) is 0 Å². The molecule has 3 saturated carbocycles. The van der Waals surface area contributed by atoms with Gasteiger partial charge in [-0.15, -0.1) is 0 Å². The summed E-state index contributed by atoms with van der Waals surface area (Å²) in [5.41, 5.74) is 1.99. The van der Waals surface area contributed by atoms with Gasteiger partial charge in [-0.05, 0) is 215 Å². The molecule has 0 bridgehead atoms. The minimum absolute atomic E-state index is 0.00203. The minimum atomic E-state index is -4.30. The van der Waals surface area contributed by atoms with Crippen LogP contribution in [0, 0.1) is 82.0 Å². The molecule has 774 valence electrons. The number of nitrogens with one attached hydrogen (secondary N) is 2. The predicted octanol–water partition coefficient (Wildman–Crippen LogP) is 20.4. The average molecular weight is 2110 g/mol. The number of fused-ring (bicyclic) bond motifs is 15. The highest BCUT2D eigenvalue weighted by Crippen LogP contribution is 2.64. The number of rotatable bonds is 18. The Morgan fingerprint density at radius 2 is 0.764 bits per heavy atom. The van der Waals surface area contributed by atoms with Crippen LogP contribution in [0.5, 0.6) is 34.5 Å². The van der Waals surface area contributed by atoms with Crippen molar-refractivity contribution < 1.29 is 124 Å². The van der Waals surface area contributed by atoms with Crippen LogP contribution in [0.15, 0.2) is 249 Å². The largest absolute Gasteiger partial charge is 0.497 e. The van der Waals surface area contributed by atoms with Gasteiger partial charge in [0, 0.05) is 73.7 Å². The van der Waals surface area contributed by atoms with Gasteiger partial charge in [-0.1, -0.05) is 152 Å². The van der Waals surface area contributed by atoms with Crippen LogP contribution in [0.2, 0.25) is 0 Å². The Morgan fingerprint density at radius 3 is 1.20 bits per heavy atom. The van der Waals surface area contributed by atoms with Gasteiger partial charge in [-0.3, -0.25) is 19.2 Å². The Hall–Kier alpha value is -11.1. The van der Waals surface area contributed by atoms with E-state index in [-0.39, 0.29) is 185 Å². The first kappa shape index (κ1) is 110. The van der Waals surface area contributed by atoms with Crippen LogP contribution in [0.3, 0.4) is 0 Å². The number of sulfonamides is 2. The Bertz CT molecular complexity index is 7030. The van der Waals surface area contributed by atoms with Crippen LogP contribution in [0.4, 0.5) is 35.1 Å². The maximum absolute atomic E-state index is 15.8. The highest BCUT2D eigenvalue weighted by atomic mass is 32.2. The topological polar surface area (TPSA) is 322 Å². The van der Waals surface area contributed by atoms with Crippen LogP contribution in [-0.4, -0.2) is 132 Å². The fourth-order valence-corrected chi connectivity index (χ4v) is 34.4. The third-order valence-corrected chi connectivity index (χ3v) is 41.5. The molecule has 144 heavy (non-hydrogen) atoms. The molecule has 10 aromatic carbocycles. The molecule has 0 amide bonds. The Morgan fingerprint density at radius 1 is 0.396 bits per heavy atom. The Labute approximate surface area is 838 Å². The summed E-state index contributed by atoms with van der Waals surface area (Å²) in [4.78, 5) is 27.9. The van der Waals surface area contributed by atoms with Crippen LogP contribution < -0.4 is 37.9 Å². The molecule has 10 aromatic rings. The second kappa shape index (κ2) is 45.5. The molecular weight excluding hydrogens is 1990 g/mol. The summed E-state index contributed by atoms with van der Waals surface area (Å²) in [6.45, 7) is 17.2. The third kappa shape index (κ3) is 20.4. The molecule has 1 saturated heterocycles. The molecule has 10 aliphatic rings. The summed E-state index contributed by atoms with van der Waals surface area (Å²) < 4.78 is 312. The van der Waals surface area contributed by atoms with Crippen molar-refractivity contribution in [1.29, 1.82) is 0 Å². The first-order valence-electron chi connectivity index (χ1n) is 48.3. The average Bonchev–Trinajstić information content (AvgIpc) is 0.680. The van der Waals surface area contributed by atoms with Crippen molar-refractivity contribution in [2.24, 2.45) is 35.5 Å². The first-order valence-corrected chi connectivity index (χ1v) is 57.5. The van der Waals surface area contributed by atoms with Crippen molar-refractivity contribution in [3.8, 4) is 34.5 Å². The molecule has 37 heteroatoms. The lowest BCUT2D eigenvalue weighted by Gasteiger charge is -2.54. The van der Waals surface area contributed by atoms with Crippen LogP contribution in [0.25, 0.3) is 0 Å². The predicted molar refractivity (Wildman–Crippen MR) is 530 cm³/mol. The van der Waals surface area contributed by atoms with Crippen LogP contribution in [-0.2, 0) is 101 Å². The molecule has 11 atom stereocenters. The van der Waals surface area contributed by atoms with Gasteiger partial charge in [0.2, 0.25) is 20.0 Å². The number of nitrogens with zero attached hydrogens (tertiary/aromatic N) is 1. The highest BCUT2D eigenvalue weighted by Gasteiger charge is 2.67. The summed E-state index contributed by atoms with van der Waals surface area (Å²) in [5, 5.41) is 0. The number of carbonyl (C=O) groups excluding carboxylic acids is 2. The number of allylic oxidation sites excluding steroid dienone is 1. The second-order valence-electron chi connectivity index (χ2n) is 35.5. The molecule has 2 N–H and O–H groups in total. The van der Waals surface area contributed by atoms with E-state index in [2.05, 4.69) is 14.3 Å². The molecule has 0 unspecified atom stereocenters. The van der Waals surface area contributed by atoms with Gasteiger partial charge in [0.15, 0.2) is 85.6 Å². The summed E-state index contributed by atoms with van der Waals surface area (Å²) in [5.74, 6) is -11.5. The molecule has 0 radical (unpaired) electrons. The molecule has 20 rings (SSSR count). The number of Topliss-reactive ketones (excluding diaryl/α,β-unsaturated/α-hetero) is 2. The van der Waals surface area contributed by atoms with Crippen molar-refractivity contribution in [3.05, 3.63) is 310 Å². The van der Waals surface area contributed by atoms with Gasteiger partial charge >= 0.3 is 0 Å². The molecular formula is C107H119F8N3O20S6. The van der Waals surface area contributed by atoms with Crippen molar-refractivity contribution in [2.75, 3.05) is 58.7 Å². The molecule has 4 aliphatic carbocycles. The standard InChI is InChI=1S/C38H39F2NO6S.C21H21F2NO5S2.C21H19F2NO5S2.C19H16F2O4S.4C2H6/c1-45-28-14-10-26(11-15-28)23-41(24-27-12-16-29(46-2)17-13-27)22-6-9-31-32-25-47-37-34(40)19-18-33(39)36(37)38(32,21-20-35(31)42)48(43,44)30-7-4-3-5-8-30;2*22-16-6-7-17(23)20-19(16)21(31(27,28)13-4-2-1-3-5-13)10-8-18-14(15(21)12-29-20)9-11-30(25,26)24-18;20-15-6-7-16(21)18-17(15)19(9-8-13(22)10-12(19)11-25-18)26(23,24)14-4-2-1-3-5-14;4*1-2/h3-5,7-8,10-19,31-32H,6,9,20-25H2,1-2H3;1-7,14-15,18,24H,8-12H2;1-7,15,24H,8-12H2;1-7,12H,8-11H2;4*1-2H3/t31-,32-,38-;14-,15-,18+,21-;15-,21-;12-,19+;;;;/m0001..../s1. The summed E-state index contributed by atoms with van der Waals surface area (Å²) in [6.07, 6.45) is 1.04. The Kier molecular flexibility index (Phi) is 34.8. The number of halogens is 8. The summed E-state index contributed by atoms with van der Waals surface area (Å²) in [7, 11) is -20.5. The van der Waals surface area contributed by atoms with Crippen LogP contribution >= 0.6 is 0 Å². The fourth-order valence-electron chi connectivity index (χ4n) is 22.3. The number of ether oxygens (including phenoxy) is 6. The first-order chi connectivity index (χ1) is 68.9. The minimum Gasteiger partial charge on any atom is -0.497 e. The zero-order chi connectivity index (χ0) is 104. The van der Waals surface area contributed by atoms with Crippen LogP contribution in [0.1, 0.15) is 172 Å². The maximum Gasteiger partial charge on any atom is 0.232 e. The number of hydrogen-bond acceptors (Lipinski definition) is 21. The number of ketones is 2. The van der Waals surface area contributed by atoms with E-state index in [0.29, 0.717) is 43.7 Å². The van der Waals surface area contributed by atoms with Crippen molar-refractivity contribution >= 4 is 71.0 Å². The highest BCUT2D eigenvalue weighted by molar-refractivity contribution is 7.93. The van der Waals surface area contributed by atoms with E-state index in [1.807, 2.05) is 104 Å². The molecule has 6 aliphatic heterocycles. The van der Waals surface area contributed by atoms with E-state index < -0.39 is 166 Å². The Balaban J connectivity index is 0.000000161. The number of carbonyl (C=O) groups is 2. The van der Waals surface area contributed by atoms with Gasteiger partial charge in [0.05, 0.1) is 94.0 Å².